The predicted octanol–water partition coefficient (Wildman–Crippen LogP) is 6.43. The summed E-state index contributed by atoms with van der Waals surface area (Å²) >= 11 is 0. The highest BCUT2D eigenvalue weighted by atomic mass is 19.4. The van der Waals surface area contributed by atoms with Crippen molar-refractivity contribution in [2.24, 2.45) is 5.73 Å². The van der Waals surface area contributed by atoms with Crippen LogP contribution in [0.25, 0.3) is 0 Å². The number of aliphatic hydroxyl groups is 1. The second kappa shape index (κ2) is 12.5. The third-order valence-electron chi connectivity index (χ3n) is 5.85. The number of amides is 1. The molecular formula is C28H29F5N2O5. The van der Waals surface area contributed by atoms with E-state index >= 15 is 0 Å². The number of carbonyl (C=O) groups is 1. The molecule has 0 saturated heterocycles. The maximum Gasteiger partial charge on any atom is 0.573 e. The van der Waals surface area contributed by atoms with Crippen molar-refractivity contribution in [2.45, 2.75) is 45.6 Å². The first-order valence-corrected chi connectivity index (χ1v) is 11.9. The highest BCUT2D eigenvalue weighted by Crippen LogP contribution is 2.48. The van der Waals surface area contributed by atoms with Gasteiger partial charge in [-0.25, -0.2) is 8.78 Å². The molecule has 1 amide bonds. The number of nitrogens with one attached hydrogen (secondary N) is 1. The molecule has 7 nitrogen and oxygen atoms in total. The monoisotopic (exact) mass is 568 g/mol. The van der Waals surface area contributed by atoms with Gasteiger partial charge in [-0.15, -0.1) is 13.2 Å². The van der Waals surface area contributed by atoms with Crippen molar-refractivity contribution in [2.75, 3.05) is 18.5 Å². The van der Waals surface area contributed by atoms with Crippen molar-refractivity contribution >= 4 is 11.6 Å². The smallest absolute Gasteiger partial charge is 0.488 e. The maximum absolute atomic E-state index is 14.2. The predicted molar refractivity (Wildman–Crippen MR) is 138 cm³/mol. The molecule has 12 heteroatoms. The van der Waals surface area contributed by atoms with Gasteiger partial charge in [0.2, 0.25) is 0 Å². The van der Waals surface area contributed by atoms with Crippen LogP contribution in [0.5, 0.6) is 23.0 Å². The van der Waals surface area contributed by atoms with Gasteiger partial charge < -0.3 is 30.4 Å². The van der Waals surface area contributed by atoms with Crippen LogP contribution in [0.2, 0.25) is 0 Å². The molecule has 4 rings (SSSR count). The fraction of sp³-hybridized carbons (Fsp3) is 0.321. The lowest BCUT2D eigenvalue weighted by atomic mass is 10.0. The summed E-state index contributed by atoms with van der Waals surface area (Å²) in [5.74, 6) is -3.12. The normalized spacial score (nSPS) is 13.7. The number of benzene rings is 3. The molecule has 1 saturated carbocycles. The molecule has 1 aliphatic rings. The van der Waals surface area contributed by atoms with Crippen molar-refractivity contribution in [1.29, 1.82) is 0 Å². The number of ether oxygens (including phenoxy) is 3. The first-order valence-electron chi connectivity index (χ1n) is 11.9. The van der Waals surface area contributed by atoms with E-state index in [2.05, 4.69) is 10.1 Å². The minimum absolute atomic E-state index is 0. The van der Waals surface area contributed by atoms with Crippen LogP contribution in [0.4, 0.5) is 27.6 Å². The van der Waals surface area contributed by atoms with E-state index in [1.807, 2.05) is 0 Å². The Bertz CT molecular complexity index is 1360. The minimum Gasteiger partial charge on any atom is -0.488 e. The van der Waals surface area contributed by atoms with Gasteiger partial charge in [0.1, 0.15) is 35.8 Å². The third kappa shape index (κ3) is 7.82. The standard InChI is InChI=1S/C27H25F5N2O5.CH4/c1-14-8-16(28)4-7-22(14)38-23-10-19(15-2-3-15)24(39-27(30,31)32)11-20(23)26(36)34-17-5-6-21(29)25(9-17)37-13-18(35)12-33;/h4-11,15,18,35H,2-3,12-13,33H2,1H3,(H,34,36);1H4. The van der Waals surface area contributed by atoms with Crippen LogP contribution in [0.1, 0.15) is 47.7 Å². The van der Waals surface area contributed by atoms with E-state index in [1.54, 1.807) is 6.92 Å². The number of halogens is 5. The van der Waals surface area contributed by atoms with Crippen LogP contribution >= 0.6 is 0 Å². The molecule has 1 aliphatic carbocycles. The molecular weight excluding hydrogens is 539 g/mol. The molecule has 3 aromatic rings. The van der Waals surface area contributed by atoms with Gasteiger partial charge in [0, 0.05) is 23.9 Å². The molecule has 1 unspecified atom stereocenters. The van der Waals surface area contributed by atoms with E-state index in [4.69, 9.17) is 15.2 Å². The molecule has 4 N–H and O–H groups in total. The summed E-state index contributed by atoms with van der Waals surface area (Å²) in [6.45, 7) is 1.15. The van der Waals surface area contributed by atoms with Gasteiger partial charge in [-0.05, 0) is 73.7 Å². The summed E-state index contributed by atoms with van der Waals surface area (Å²) in [5.41, 5.74) is 5.66. The zero-order chi connectivity index (χ0) is 28.3. The van der Waals surface area contributed by atoms with Crippen LogP contribution in [0.15, 0.2) is 48.5 Å². The molecule has 0 aromatic heterocycles. The molecule has 40 heavy (non-hydrogen) atoms. The van der Waals surface area contributed by atoms with Gasteiger partial charge in [-0.3, -0.25) is 4.79 Å². The zero-order valence-electron chi connectivity index (χ0n) is 20.6. The topological polar surface area (TPSA) is 103 Å². The molecule has 216 valence electrons. The van der Waals surface area contributed by atoms with Gasteiger partial charge in [0.05, 0.1) is 5.56 Å². The fourth-order valence-electron chi connectivity index (χ4n) is 3.75. The third-order valence-corrected chi connectivity index (χ3v) is 5.85. The van der Waals surface area contributed by atoms with Crippen LogP contribution in [-0.4, -0.2) is 36.6 Å². The Balaban J connectivity index is 0.00000441. The van der Waals surface area contributed by atoms with E-state index in [9.17, 15) is 31.9 Å². The van der Waals surface area contributed by atoms with Crippen molar-refractivity contribution < 1.29 is 46.1 Å². The van der Waals surface area contributed by atoms with Gasteiger partial charge in [-0.2, -0.15) is 0 Å². The SMILES string of the molecule is C.Cc1cc(F)ccc1Oc1cc(C2CC2)c(OC(F)(F)F)cc1C(=O)Nc1ccc(F)c(OCC(O)CN)c1. The van der Waals surface area contributed by atoms with Crippen molar-refractivity contribution in [3.63, 3.8) is 0 Å². The number of alkyl halides is 3. The lowest BCUT2D eigenvalue weighted by molar-refractivity contribution is -0.274. The quantitative estimate of drug-likeness (QED) is 0.244. The Morgan fingerprint density at radius 3 is 2.40 bits per heavy atom. The van der Waals surface area contributed by atoms with Crippen LogP contribution in [0.3, 0.4) is 0 Å². The van der Waals surface area contributed by atoms with Gasteiger partial charge in [-0.1, -0.05) is 7.43 Å². The van der Waals surface area contributed by atoms with E-state index in [1.165, 1.54) is 24.3 Å². The Kier molecular flexibility index (Phi) is 9.59. The molecule has 0 bridgehead atoms. The Morgan fingerprint density at radius 2 is 1.77 bits per heavy atom. The molecule has 0 aliphatic heterocycles. The Labute approximate surface area is 227 Å². The van der Waals surface area contributed by atoms with Gasteiger partial charge in [0.25, 0.3) is 5.91 Å². The summed E-state index contributed by atoms with van der Waals surface area (Å²) in [6.07, 6.45) is -4.79. The number of aryl methyl sites for hydroxylation is 1. The highest BCUT2D eigenvalue weighted by Gasteiger charge is 2.36. The number of carbonyl (C=O) groups excluding carboxylic acids is 1. The van der Waals surface area contributed by atoms with E-state index in [0.717, 1.165) is 24.3 Å². The highest BCUT2D eigenvalue weighted by molar-refractivity contribution is 6.06. The Hall–Kier alpha value is -3.90. The first-order chi connectivity index (χ1) is 18.4. The molecule has 3 aromatic carbocycles. The molecule has 0 radical (unpaired) electrons. The van der Waals surface area contributed by atoms with Gasteiger partial charge >= 0.3 is 6.36 Å². The summed E-state index contributed by atoms with van der Waals surface area (Å²) in [5, 5.41) is 12.0. The van der Waals surface area contributed by atoms with E-state index < -0.39 is 35.8 Å². The zero-order valence-corrected chi connectivity index (χ0v) is 20.6. The second-order valence-electron chi connectivity index (χ2n) is 9.02. The van der Waals surface area contributed by atoms with Crippen molar-refractivity contribution in [3.8, 4) is 23.0 Å². The van der Waals surface area contributed by atoms with E-state index in [-0.39, 0.29) is 60.6 Å². The number of anilines is 1. The van der Waals surface area contributed by atoms with Crippen molar-refractivity contribution in [1.82, 2.24) is 0 Å². The Morgan fingerprint density at radius 1 is 1.05 bits per heavy atom. The summed E-state index contributed by atoms with van der Waals surface area (Å²) in [7, 11) is 0. The summed E-state index contributed by atoms with van der Waals surface area (Å²) in [6, 6.07) is 9.30. The lowest BCUT2D eigenvalue weighted by Gasteiger charge is -2.19. The number of rotatable bonds is 10. The van der Waals surface area contributed by atoms with Crippen molar-refractivity contribution in [3.05, 3.63) is 76.9 Å². The molecule has 1 atom stereocenters. The van der Waals surface area contributed by atoms with Crippen LogP contribution in [0, 0.1) is 18.6 Å². The fourth-order valence-corrected chi connectivity index (χ4v) is 3.75. The van der Waals surface area contributed by atoms with Crippen LogP contribution in [-0.2, 0) is 0 Å². The average molecular weight is 569 g/mol. The average Bonchev–Trinajstić information content (AvgIpc) is 3.70. The first kappa shape index (κ1) is 30.6. The van der Waals surface area contributed by atoms with Crippen LogP contribution < -0.4 is 25.3 Å². The minimum atomic E-state index is -5.01. The lowest BCUT2D eigenvalue weighted by Crippen LogP contribution is -2.26. The molecule has 0 heterocycles. The second-order valence-corrected chi connectivity index (χ2v) is 9.02. The van der Waals surface area contributed by atoms with E-state index in [0.29, 0.717) is 18.4 Å². The number of aliphatic hydroxyl groups excluding tert-OH is 1. The summed E-state index contributed by atoms with van der Waals surface area (Å²) < 4.78 is 82.7. The largest absolute Gasteiger partial charge is 0.573 e. The van der Waals surface area contributed by atoms with Gasteiger partial charge in [0.15, 0.2) is 11.6 Å². The number of nitrogens with two attached hydrogens (primary N) is 1. The number of hydrogen-bond acceptors (Lipinski definition) is 6. The number of hydrogen-bond donors (Lipinski definition) is 3. The summed E-state index contributed by atoms with van der Waals surface area (Å²) in [4.78, 5) is 13.3. The molecule has 0 spiro atoms. The molecule has 1 fully saturated rings. The maximum atomic E-state index is 14.2.